The van der Waals surface area contributed by atoms with Crippen molar-refractivity contribution in [2.24, 2.45) is 0 Å². The molecule has 7 heteroatoms. The molecule has 0 unspecified atom stereocenters. The highest BCUT2D eigenvalue weighted by Crippen LogP contribution is 2.33. The third kappa shape index (κ3) is 4.04. The number of thiazole rings is 1. The van der Waals surface area contributed by atoms with Crippen molar-refractivity contribution in [2.75, 3.05) is 26.2 Å². The van der Waals surface area contributed by atoms with E-state index in [-0.39, 0.29) is 5.91 Å². The Labute approximate surface area is 168 Å². The van der Waals surface area contributed by atoms with E-state index in [2.05, 4.69) is 16.0 Å². The van der Waals surface area contributed by atoms with Crippen molar-refractivity contribution in [3.05, 3.63) is 50.9 Å². The van der Waals surface area contributed by atoms with Crippen LogP contribution >= 0.6 is 22.9 Å². The number of rotatable bonds is 4. The standard InChI is InChI=1S/C20H24ClN3O2S/c1-15-22-17(14-27-15)13-24-10-11-26-20(19(24)25)6-8-23(9-7-20)12-16-4-2-3-5-18(16)21/h2-5,14H,6-13H2,1H3. The quantitative estimate of drug-likeness (QED) is 0.781. The van der Waals surface area contributed by atoms with Gasteiger partial charge in [-0.25, -0.2) is 4.98 Å². The minimum atomic E-state index is -0.666. The minimum Gasteiger partial charge on any atom is -0.363 e. The van der Waals surface area contributed by atoms with Crippen molar-refractivity contribution in [3.8, 4) is 0 Å². The first-order valence-corrected chi connectivity index (χ1v) is 10.6. The Morgan fingerprint density at radius 1 is 1.22 bits per heavy atom. The van der Waals surface area contributed by atoms with Gasteiger partial charge < -0.3 is 9.64 Å². The van der Waals surface area contributed by atoms with Gasteiger partial charge >= 0.3 is 0 Å². The summed E-state index contributed by atoms with van der Waals surface area (Å²) in [5, 5.41) is 3.87. The largest absolute Gasteiger partial charge is 0.363 e. The van der Waals surface area contributed by atoms with Crippen LogP contribution in [0.4, 0.5) is 0 Å². The van der Waals surface area contributed by atoms with Crippen molar-refractivity contribution in [2.45, 2.75) is 38.5 Å². The number of morpholine rings is 1. The summed E-state index contributed by atoms with van der Waals surface area (Å²) in [6.07, 6.45) is 1.45. The first-order chi connectivity index (χ1) is 13.1. The Morgan fingerprint density at radius 2 is 2.00 bits per heavy atom. The maximum absolute atomic E-state index is 13.2. The molecule has 0 N–H and O–H groups in total. The van der Waals surface area contributed by atoms with Gasteiger partial charge in [0.15, 0.2) is 0 Å². The number of ether oxygens (including phenoxy) is 1. The van der Waals surface area contributed by atoms with E-state index in [1.54, 1.807) is 11.3 Å². The van der Waals surface area contributed by atoms with Crippen LogP contribution in [0.5, 0.6) is 0 Å². The summed E-state index contributed by atoms with van der Waals surface area (Å²) in [7, 11) is 0. The Morgan fingerprint density at radius 3 is 2.70 bits per heavy atom. The minimum absolute atomic E-state index is 0.122. The number of amides is 1. The van der Waals surface area contributed by atoms with Crippen LogP contribution in [-0.2, 0) is 22.6 Å². The van der Waals surface area contributed by atoms with Gasteiger partial charge in [0, 0.05) is 36.6 Å². The van der Waals surface area contributed by atoms with Crippen molar-refractivity contribution in [3.63, 3.8) is 0 Å². The molecule has 2 saturated heterocycles. The van der Waals surface area contributed by atoms with Crippen LogP contribution < -0.4 is 0 Å². The van der Waals surface area contributed by atoms with Gasteiger partial charge in [-0.1, -0.05) is 29.8 Å². The fraction of sp³-hybridized carbons (Fsp3) is 0.500. The molecule has 2 fully saturated rings. The lowest BCUT2D eigenvalue weighted by Crippen LogP contribution is -2.60. The predicted octanol–water partition coefficient (Wildman–Crippen LogP) is 3.50. The van der Waals surface area contributed by atoms with Crippen molar-refractivity contribution in [1.82, 2.24) is 14.8 Å². The monoisotopic (exact) mass is 405 g/mol. The molecule has 27 heavy (non-hydrogen) atoms. The van der Waals surface area contributed by atoms with Gasteiger partial charge in [-0.15, -0.1) is 11.3 Å². The van der Waals surface area contributed by atoms with Gasteiger partial charge in [0.2, 0.25) is 0 Å². The first kappa shape index (κ1) is 18.9. The normalized spacial score (nSPS) is 20.4. The summed E-state index contributed by atoms with van der Waals surface area (Å²) in [5.74, 6) is 0.122. The number of benzene rings is 1. The highest BCUT2D eigenvalue weighted by Gasteiger charge is 2.47. The predicted molar refractivity (Wildman–Crippen MR) is 107 cm³/mol. The number of hydrogen-bond acceptors (Lipinski definition) is 5. The average Bonchev–Trinajstić information content (AvgIpc) is 3.08. The zero-order valence-electron chi connectivity index (χ0n) is 15.5. The molecule has 1 aromatic carbocycles. The number of aryl methyl sites for hydroxylation is 1. The summed E-state index contributed by atoms with van der Waals surface area (Å²) in [4.78, 5) is 21.9. The molecule has 2 aliphatic rings. The second-order valence-corrected chi connectivity index (χ2v) is 8.76. The van der Waals surface area contributed by atoms with E-state index in [1.807, 2.05) is 35.4 Å². The molecule has 0 aliphatic carbocycles. The number of carbonyl (C=O) groups excluding carboxylic acids is 1. The van der Waals surface area contributed by atoms with Crippen LogP contribution in [0.25, 0.3) is 0 Å². The molecule has 1 amide bonds. The summed E-state index contributed by atoms with van der Waals surface area (Å²) in [6, 6.07) is 7.95. The molecule has 0 bridgehead atoms. The molecule has 144 valence electrons. The van der Waals surface area contributed by atoms with E-state index in [4.69, 9.17) is 16.3 Å². The van der Waals surface area contributed by atoms with E-state index >= 15 is 0 Å². The topological polar surface area (TPSA) is 45.7 Å². The molecule has 2 aromatic rings. The van der Waals surface area contributed by atoms with Crippen molar-refractivity contribution in [1.29, 1.82) is 0 Å². The SMILES string of the molecule is Cc1nc(CN2CCOC3(CCN(Cc4ccccc4Cl)CC3)C2=O)cs1. The second kappa shape index (κ2) is 7.87. The Hall–Kier alpha value is -1.47. The maximum Gasteiger partial charge on any atom is 0.255 e. The number of hydrogen-bond donors (Lipinski definition) is 0. The van der Waals surface area contributed by atoms with Crippen LogP contribution in [-0.4, -0.2) is 52.5 Å². The number of nitrogens with zero attached hydrogens (tertiary/aromatic N) is 3. The van der Waals surface area contributed by atoms with Crippen LogP contribution in [0.2, 0.25) is 5.02 Å². The van der Waals surface area contributed by atoms with Gasteiger partial charge in [-0.05, 0) is 31.4 Å². The summed E-state index contributed by atoms with van der Waals surface area (Å²) < 4.78 is 6.05. The molecule has 0 saturated carbocycles. The fourth-order valence-corrected chi connectivity index (χ4v) is 4.73. The first-order valence-electron chi connectivity index (χ1n) is 9.36. The van der Waals surface area contributed by atoms with Gasteiger partial charge in [0.1, 0.15) is 5.60 Å². The smallest absolute Gasteiger partial charge is 0.255 e. The lowest BCUT2D eigenvalue weighted by Gasteiger charge is -2.46. The zero-order chi connectivity index (χ0) is 18.9. The number of aromatic nitrogens is 1. The maximum atomic E-state index is 13.2. The molecule has 2 aliphatic heterocycles. The van der Waals surface area contributed by atoms with Gasteiger partial charge in [-0.3, -0.25) is 9.69 Å². The van der Waals surface area contributed by atoms with Crippen LogP contribution in [0.1, 0.15) is 29.1 Å². The lowest BCUT2D eigenvalue weighted by atomic mass is 9.88. The molecular formula is C20H24ClN3O2S. The third-order valence-electron chi connectivity index (χ3n) is 5.45. The molecule has 3 heterocycles. The van der Waals surface area contributed by atoms with E-state index in [1.165, 1.54) is 0 Å². The fourth-order valence-electron chi connectivity index (χ4n) is 3.93. The Kier molecular flexibility index (Phi) is 5.50. The molecule has 5 nitrogen and oxygen atoms in total. The highest BCUT2D eigenvalue weighted by atomic mass is 35.5. The van der Waals surface area contributed by atoms with Crippen LogP contribution in [0, 0.1) is 6.92 Å². The zero-order valence-corrected chi connectivity index (χ0v) is 17.1. The summed E-state index contributed by atoms with van der Waals surface area (Å²) >= 11 is 7.92. The van der Waals surface area contributed by atoms with Gasteiger partial charge in [0.25, 0.3) is 5.91 Å². The molecule has 4 rings (SSSR count). The number of halogens is 1. The van der Waals surface area contributed by atoms with Gasteiger partial charge in [-0.2, -0.15) is 0 Å². The summed E-state index contributed by atoms with van der Waals surface area (Å²) in [6.45, 7) is 6.29. The van der Waals surface area contributed by atoms with E-state index < -0.39 is 5.60 Å². The van der Waals surface area contributed by atoms with Crippen molar-refractivity contribution < 1.29 is 9.53 Å². The number of carbonyl (C=O) groups is 1. The highest BCUT2D eigenvalue weighted by molar-refractivity contribution is 7.09. The van der Waals surface area contributed by atoms with Crippen LogP contribution in [0.3, 0.4) is 0 Å². The molecule has 1 spiro atoms. The Balaban J connectivity index is 1.39. The molecular weight excluding hydrogens is 382 g/mol. The lowest BCUT2D eigenvalue weighted by molar-refractivity contribution is -0.180. The number of likely N-dealkylation sites (tertiary alicyclic amines) is 1. The molecule has 1 aromatic heterocycles. The summed E-state index contributed by atoms with van der Waals surface area (Å²) in [5.41, 5.74) is 1.44. The van der Waals surface area contributed by atoms with E-state index in [9.17, 15) is 4.79 Å². The van der Waals surface area contributed by atoms with Crippen molar-refractivity contribution >= 4 is 28.8 Å². The van der Waals surface area contributed by atoms with E-state index in [0.717, 1.165) is 53.8 Å². The Bertz CT molecular complexity index is 817. The van der Waals surface area contributed by atoms with Gasteiger partial charge in [0.05, 0.1) is 23.9 Å². The van der Waals surface area contributed by atoms with E-state index in [0.29, 0.717) is 19.7 Å². The third-order valence-corrected chi connectivity index (χ3v) is 6.64. The second-order valence-electron chi connectivity index (χ2n) is 7.29. The molecule has 0 radical (unpaired) electrons. The molecule has 0 atom stereocenters. The average molecular weight is 406 g/mol. The van der Waals surface area contributed by atoms with Crippen LogP contribution in [0.15, 0.2) is 29.6 Å². The number of piperidine rings is 1.